The Balaban J connectivity index is 1.59. The SMILES string of the molecule is C=C(OC)[C@H](Cc1ccc(OCCn2c(C)ccc2-c2ccc(SC)cc2)cc1)OCC. The van der Waals surface area contributed by atoms with Crippen LogP contribution in [0.3, 0.4) is 0 Å². The van der Waals surface area contributed by atoms with Crippen LogP contribution in [-0.2, 0) is 22.4 Å². The van der Waals surface area contributed by atoms with Crippen molar-refractivity contribution in [3.8, 4) is 17.0 Å². The molecule has 3 rings (SSSR count). The summed E-state index contributed by atoms with van der Waals surface area (Å²) in [6, 6.07) is 21.2. The fourth-order valence-electron chi connectivity index (χ4n) is 3.67. The van der Waals surface area contributed by atoms with E-state index in [0.29, 0.717) is 19.0 Å². The predicted octanol–water partition coefficient (Wildman–Crippen LogP) is 6.37. The van der Waals surface area contributed by atoms with Crippen LogP contribution in [0.1, 0.15) is 18.2 Å². The van der Waals surface area contributed by atoms with Crippen molar-refractivity contribution < 1.29 is 14.2 Å². The quantitative estimate of drug-likeness (QED) is 0.236. The third-order valence-electron chi connectivity index (χ3n) is 5.50. The summed E-state index contributed by atoms with van der Waals surface area (Å²) in [5, 5.41) is 0. The normalized spacial score (nSPS) is 11.9. The summed E-state index contributed by atoms with van der Waals surface area (Å²) in [4.78, 5) is 1.27. The van der Waals surface area contributed by atoms with Gasteiger partial charge in [0, 0.05) is 29.3 Å². The molecular formula is C27H33NO3S. The van der Waals surface area contributed by atoms with Crippen LogP contribution < -0.4 is 4.74 Å². The number of ether oxygens (including phenoxy) is 3. The Kier molecular flexibility index (Phi) is 8.89. The molecule has 1 aromatic heterocycles. The van der Waals surface area contributed by atoms with Gasteiger partial charge in [0.05, 0.1) is 13.7 Å². The number of methoxy groups -OCH3 is 1. The Bertz CT molecular complexity index is 993. The predicted molar refractivity (Wildman–Crippen MR) is 134 cm³/mol. The van der Waals surface area contributed by atoms with Gasteiger partial charge in [-0.1, -0.05) is 30.8 Å². The Hall–Kier alpha value is -2.63. The molecule has 5 heteroatoms. The van der Waals surface area contributed by atoms with Gasteiger partial charge in [-0.2, -0.15) is 0 Å². The molecule has 0 aliphatic carbocycles. The highest BCUT2D eigenvalue weighted by atomic mass is 32.2. The zero-order valence-corrected chi connectivity index (χ0v) is 20.3. The first-order valence-corrected chi connectivity index (χ1v) is 12.1. The van der Waals surface area contributed by atoms with Gasteiger partial charge in [-0.05, 0) is 67.6 Å². The van der Waals surface area contributed by atoms with Gasteiger partial charge in [0.15, 0.2) is 0 Å². The summed E-state index contributed by atoms with van der Waals surface area (Å²) in [6.45, 7) is 10.1. The zero-order valence-electron chi connectivity index (χ0n) is 19.5. The van der Waals surface area contributed by atoms with E-state index in [4.69, 9.17) is 14.2 Å². The standard InChI is InChI=1S/C27H33NO3S/c1-6-30-27(21(3)29-4)19-22-8-12-24(13-9-22)31-18-17-28-20(2)7-16-26(28)23-10-14-25(32-5)15-11-23/h7-16,27H,3,6,17-19H2,1-2,4-5H3/t27-/m0/s1. The van der Waals surface area contributed by atoms with Gasteiger partial charge < -0.3 is 18.8 Å². The van der Waals surface area contributed by atoms with E-state index in [1.807, 2.05) is 19.1 Å². The van der Waals surface area contributed by atoms with Gasteiger partial charge in [-0.25, -0.2) is 0 Å². The minimum atomic E-state index is -0.142. The Labute approximate surface area is 196 Å². The molecule has 0 saturated carbocycles. The number of hydrogen-bond acceptors (Lipinski definition) is 4. The second kappa shape index (κ2) is 11.8. The first kappa shape index (κ1) is 24.0. The van der Waals surface area contributed by atoms with Gasteiger partial charge >= 0.3 is 0 Å². The minimum Gasteiger partial charge on any atom is -0.499 e. The second-order valence-corrected chi connectivity index (χ2v) is 8.43. The smallest absolute Gasteiger partial charge is 0.119 e. The number of nitrogens with zero attached hydrogens (tertiary/aromatic N) is 1. The molecule has 0 saturated heterocycles. The summed E-state index contributed by atoms with van der Waals surface area (Å²) in [5.74, 6) is 1.51. The van der Waals surface area contributed by atoms with Crippen LogP contribution in [0, 0.1) is 6.92 Å². The Morgan fingerprint density at radius 1 is 1.03 bits per heavy atom. The number of benzene rings is 2. The molecule has 4 nitrogen and oxygen atoms in total. The van der Waals surface area contributed by atoms with Gasteiger partial charge in [-0.15, -0.1) is 11.8 Å². The van der Waals surface area contributed by atoms with Crippen molar-refractivity contribution in [2.24, 2.45) is 0 Å². The molecule has 2 aromatic carbocycles. The van der Waals surface area contributed by atoms with Crippen molar-refractivity contribution in [2.45, 2.75) is 37.8 Å². The van der Waals surface area contributed by atoms with E-state index in [-0.39, 0.29) is 6.10 Å². The molecule has 0 bridgehead atoms. The Morgan fingerprint density at radius 2 is 1.75 bits per heavy atom. The van der Waals surface area contributed by atoms with Crippen LogP contribution in [0.2, 0.25) is 0 Å². The molecule has 1 heterocycles. The Morgan fingerprint density at radius 3 is 2.38 bits per heavy atom. The van der Waals surface area contributed by atoms with E-state index in [1.165, 1.54) is 21.8 Å². The fourth-order valence-corrected chi connectivity index (χ4v) is 4.08. The molecule has 170 valence electrons. The number of thioether (sulfide) groups is 1. The van der Waals surface area contributed by atoms with Crippen molar-refractivity contribution >= 4 is 11.8 Å². The van der Waals surface area contributed by atoms with E-state index >= 15 is 0 Å². The molecule has 0 aliphatic rings. The lowest BCUT2D eigenvalue weighted by Gasteiger charge is -2.18. The summed E-state index contributed by atoms with van der Waals surface area (Å²) in [5.41, 5.74) is 4.83. The molecule has 0 N–H and O–H groups in total. The number of hydrogen-bond donors (Lipinski definition) is 0. The number of aryl methyl sites for hydroxylation is 1. The average Bonchev–Trinajstić information content (AvgIpc) is 3.19. The highest BCUT2D eigenvalue weighted by molar-refractivity contribution is 7.98. The van der Waals surface area contributed by atoms with E-state index in [1.54, 1.807) is 18.9 Å². The number of rotatable bonds is 12. The van der Waals surface area contributed by atoms with Gasteiger partial charge in [0.25, 0.3) is 0 Å². The molecule has 0 radical (unpaired) electrons. The maximum absolute atomic E-state index is 6.04. The van der Waals surface area contributed by atoms with Crippen LogP contribution in [0.5, 0.6) is 5.75 Å². The van der Waals surface area contributed by atoms with Crippen LogP contribution in [0.15, 0.2) is 77.9 Å². The zero-order chi connectivity index (χ0) is 22.9. The third kappa shape index (κ3) is 6.21. The molecule has 1 atom stereocenters. The molecule has 0 spiro atoms. The lowest BCUT2D eigenvalue weighted by Crippen LogP contribution is -2.19. The summed E-state index contributed by atoms with van der Waals surface area (Å²) >= 11 is 1.76. The molecule has 3 aromatic rings. The monoisotopic (exact) mass is 451 g/mol. The van der Waals surface area contributed by atoms with Crippen LogP contribution in [-0.4, -0.2) is 37.3 Å². The molecule has 0 fully saturated rings. The van der Waals surface area contributed by atoms with E-state index < -0.39 is 0 Å². The average molecular weight is 452 g/mol. The summed E-state index contributed by atoms with van der Waals surface area (Å²) < 4.78 is 19.4. The highest BCUT2D eigenvalue weighted by Gasteiger charge is 2.14. The van der Waals surface area contributed by atoms with Crippen molar-refractivity contribution in [1.29, 1.82) is 0 Å². The molecule has 0 amide bonds. The lowest BCUT2D eigenvalue weighted by atomic mass is 10.1. The number of aromatic nitrogens is 1. The maximum atomic E-state index is 6.04. The van der Waals surface area contributed by atoms with Gasteiger partial charge in [-0.3, -0.25) is 0 Å². The van der Waals surface area contributed by atoms with Gasteiger partial charge in [0.2, 0.25) is 0 Å². The highest BCUT2D eigenvalue weighted by Crippen LogP contribution is 2.25. The van der Waals surface area contributed by atoms with E-state index in [2.05, 4.69) is 72.9 Å². The van der Waals surface area contributed by atoms with E-state index in [0.717, 1.165) is 24.3 Å². The molecule has 0 aliphatic heterocycles. The maximum Gasteiger partial charge on any atom is 0.119 e. The molecule has 0 unspecified atom stereocenters. The topological polar surface area (TPSA) is 32.6 Å². The third-order valence-corrected chi connectivity index (χ3v) is 6.25. The van der Waals surface area contributed by atoms with Crippen molar-refractivity contribution in [2.75, 3.05) is 26.6 Å². The second-order valence-electron chi connectivity index (χ2n) is 7.55. The summed E-state index contributed by atoms with van der Waals surface area (Å²) in [7, 11) is 1.63. The van der Waals surface area contributed by atoms with Gasteiger partial charge in [0.1, 0.15) is 24.2 Å². The van der Waals surface area contributed by atoms with Crippen molar-refractivity contribution in [3.63, 3.8) is 0 Å². The first-order valence-electron chi connectivity index (χ1n) is 10.9. The summed E-state index contributed by atoms with van der Waals surface area (Å²) in [6.07, 6.45) is 2.68. The van der Waals surface area contributed by atoms with Crippen molar-refractivity contribution in [3.05, 3.63) is 84.3 Å². The molecular weight excluding hydrogens is 418 g/mol. The fraction of sp³-hybridized carbons (Fsp3) is 0.333. The van der Waals surface area contributed by atoms with E-state index in [9.17, 15) is 0 Å². The first-order chi connectivity index (χ1) is 15.5. The minimum absolute atomic E-state index is 0.142. The van der Waals surface area contributed by atoms with Crippen LogP contribution in [0.25, 0.3) is 11.3 Å². The van der Waals surface area contributed by atoms with Crippen LogP contribution in [0.4, 0.5) is 0 Å². The van der Waals surface area contributed by atoms with Crippen LogP contribution >= 0.6 is 11.8 Å². The molecule has 32 heavy (non-hydrogen) atoms. The van der Waals surface area contributed by atoms with Crippen molar-refractivity contribution in [1.82, 2.24) is 4.57 Å². The lowest BCUT2D eigenvalue weighted by molar-refractivity contribution is 0.0485. The largest absolute Gasteiger partial charge is 0.499 e.